The first kappa shape index (κ1) is 22.9. The van der Waals surface area contributed by atoms with E-state index in [4.69, 9.17) is 0 Å². The molecule has 4 nitrogen and oxygen atoms in total. The van der Waals surface area contributed by atoms with Gasteiger partial charge in [0.15, 0.2) is 0 Å². The third-order valence-corrected chi connectivity index (χ3v) is 8.67. The van der Waals surface area contributed by atoms with Crippen molar-refractivity contribution in [3.8, 4) is 27.9 Å². The lowest BCUT2D eigenvalue weighted by Gasteiger charge is -2.21. The molecule has 40 heavy (non-hydrogen) atoms. The lowest BCUT2D eigenvalue weighted by atomic mass is 9.82. The van der Waals surface area contributed by atoms with Crippen molar-refractivity contribution >= 4 is 39.2 Å². The van der Waals surface area contributed by atoms with Gasteiger partial charge in [-0.1, -0.05) is 75.0 Å². The summed E-state index contributed by atoms with van der Waals surface area (Å²) >= 11 is 0. The number of para-hydroxylation sites is 1. The van der Waals surface area contributed by atoms with Gasteiger partial charge in [0, 0.05) is 33.1 Å². The van der Waals surface area contributed by atoms with Gasteiger partial charge in [0.25, 0.3) is 0 Å². The molecule has 1 aliphatic heterocycles. The van der Waals surface area contributed by atoms with E-state index in [1.807, 2.05) is 6.07 Å². The van der Waals surface area contributed by atoms with Crippen LogP contribution in [0.3, 0.4) is 0 Å². The van der Waals surface area contributed by atoms with Gasteiger partial charge in [-0.05, 0) is 81.9 Å². The van der Waals surface area contributed by atoms with E-state index >= 15 is 0 Å². The normalized spacial score (nSPS) is 14.9. The van der Waals surface area contributed by atoms with Gasteiger partial charge in [0.05, 0.1) is 16.7 Å². The van der Waals surface area contributed by atoms with Gasteiger partial charge in [-0.25, -0.2) is 4.79 Å². The van der Waals surface area contributed by atoms with E-state index in [9.17, 15) is 4.79 Å². The van der Waals surface area contributed by atoms with Crippen molar-refractivity contribution in [1.29, 1.82) is 0 Å². The van der Waals surface area contributed by atoms with E-state index in [2.05, 4.69) is 133 Å². The third-order valence-electron chi connectivity index (χ3n) is 8.67. The van der Waals surface area contributed by atoms with Crippen molar-refractivity contribution in [1.82, 2.24) is 9.88 Å². The first-order valence-electron chi connectivity index (χ1n) is 13.6. The molecule has 0 bridgehead atoms. The first-order valence-corrected chi connectivity index (χ1v) is 13.6. The minimum Gasteiger partial charge on any atom is -0.309 e. The lowest BCUT2D eigenvalue weighted by Crippen LogP contribution is -2.31. The van der Waals surface area contributed by atoms with Gasteiger partial charge in [-0.3, -0.25) is 0 Å². The van der Waals surface area contributed by atoms with Crippen LogP contribution in [0.15, 0.2) is 110 Å². The van der Waals surface area contributed by atoms with Crippen LogP contribution in [-0.4, -0.2) is 10.6 Å². The Hall–Kier alpha value is -5.09. The molecule has 2 amide bonds. The van der Waals surface area contributed by atoms with Crippen molar-refractivity contribution in [3.63, 3.8) is 0 Å². The third kappa shape index (κ3) is 3.10. The van der Waals surface area contributed by atoms with Gasteiger partial charge in [-0.2, -0.15) is 0 Å². The first-order chi connectivity index (χ1) is 19.4. The molecule has 8 rings (SSSR count). The smallest absolute Gasteiger partial charge is 0.309 e. The van der Waals surface area contributed by atoms with Crippen LogP contribution in [0.4, 0.5) is 10.5 Å². The second kappa shape index (κ2) is 7.96. The van der Waals surface area contributed by atoms with Gasteiger partial charge >= 0.3 is 6.03 Å². The molecular weight excluding hydrogens is 490 g/mol. The van der Waals surface area contributed by atoms with Crippen LogP contribution in [-0.2, 0) is 5.41 Å². The minimum absolute atomic E-state index is 0.0712. The Balaban J connectivity index is 1.41. The van der Waals surface area contributed by atoms with Crippen LogP contribution in [0.25, 0.3) is 55.4 Å². The number of anilines is 1. The molecule has 0 unspecified atom stereocenters. The summed E-state index contributed by atoms with van der Waals surface area (Å²) in [5, 5.41) is 8.10. The number of urea groups is 1. The van der Waals surface area contributed by atoms with Crippen molar-refractivity contribution in [2.45, 2.75) is 19.3 Å². The number of carbonyl (C=O) groups excluding carboxylic acids is 1. The number of nitrogens with one attached hydrogen (secondary N) is 2. The topological polar surface area (TPSA) is 46.1 Å². The zero-order valence-electron chi connectivity index (χ0n) is 22.4. The molecule has 2 N–H and O–H groups in total. The highest BCUT2D eigenvalue weighted by Gasteiger charge is 2.36. The van der Waals surface area contributed by atoms with Crippen LogP contribution >= 0.6 is 0 Å². The molecule has 0 atom stereocenters. The molecule has 2 heterocycles. The summed E-state index contributed by atoms with van der Waals surface area (Å²) in [6, 6.07) is 36.8. The van der Waals surface area contributed by atoms with Crippen LogP contribution < -0.4 is 10.6 Å². The maximum Gasteiger partial charge on any atom is 0.323 e. The zero-order chi connectivity index (χ0) is 27.2. The fourth-order valence-electron chi connectivity index (χ4n) is 6.69. The highest BCUT2D eigenvalue weighted by atomic mass is 16.2. The molecule has 1 aromatic heterocycles. The number of hydrogen-bond donors (Lipinski definition) is 2. The Bertz CT molecular complexity index is 2060. The number of fused-ring (bicyclic) bond motifs is 7. The molecule has 2 aliphatic rings. The predicted molar refractivity (Wildman–Crippen MR) is 165 cm³/mol. The molecule has 1 aliphatic carbocycles. The number of benzene rings is 5. The van der Waals surface area contributed by atoms with E-state index in [1.165, 1.54) is 44.1 Å². The van der Waals surface area contributed by atoms with Crippen molar-refractivity contribution in [3.05, 3.63) is 126 Å². The maximum atomic E-state index is 11.9. The number of amides is 2. The zero-order valence-corrected chi connectivity index (χ0v) is 22.4. The molecular formula is C36H27N3O. The van der Waals surface area contributed by atoms with Crippen molar-refractivity contribution in [2.24, 2.45) is 0 Å². The molecule has 192 valence electrons. The second-order valence-corrected chi connectivity index (χ2v) is 11.3. The summed E-state index contributed by atoms with van der Waals surface area (Å²) in [4.78, 5) is 11.9. The highest BCUT2D eigenvalue weighted by molar-refractivity contribution is 6.13. The quantitative estimate of drug-likeness (QED) is 0.237. The van der Waals surface area contributed by atoms with Crippen LogP contribution in [0.5, 0.6) is 0 Å². The Kier molecular flexibility index (Phi) is 4.55. The van der Waals surface area contributed by atoms with Gasteiger partial charge < -0.3 is 15.2 Å². The Morgan fingerprint density at radius 3 is 2.23 bits per heavy atom. The average Bonchev–Trinajstić information content (AvgIpc) is 3.40. The summed E-state index contributed by atoms with van der Waals surface area (Å²) in [7, 11) is 0. The number of aromatic nitrogens is 1. The molecule has 0 saturated carbocycles. The van der Waals surface area contributed by atoms with E-state index < -0.39 is 0 Å². The monoisotopic (exact) mass is 517 g/mol. The fraction of sp³-hybridized carbons (Fsp3) is 0.0833. The second-order valence-electron chi connectivity index (χ2n) is 11.3. The Morgan fingerprint density at radius 2 is 1.38 bits per heavy atom. The van der Waals surface area contributed by atoms with Crippen LogP contribution in [0.2, 0.25) is 0 Å². The highest BCUT2D eigenvalue weighted by Crippen LogP contribution is 2.51. The largest absolute Gasteiger partial charge is 0.323 e. The summed E-state index contributed by atoms with van der Waals surface area (Å²) < 4.78 is 2.39. The van der Waals surface area contributed by atoms with Gasteiger partial charge in [0.2, 0.25) is 0 Å². The van der Waals surface area contributed by atoms with E-state index in [1.54, 1.807) is 0 Å². The van der Waals surface area contributed by atoms with Crippen molar-refractivity contribution < 1.29 is 4.79 Å². The summed E-state index contributed by atoms with van der Waals surface area (Å²) in [5.41, 5.74) is 13.3. The predicted octanol–water partition coefficient (Wildman–Crippen LogP) is 8.86. The van der Waals surface area contributed by atoms with E-state index in [0.717, 1.165) is 28.1 Å². The molecule has 0 fully saturated rings. The molecule has 6 aromatic rings. The average molecular weight is 518 g/mol. The molecule has 0 radical (unpaired) electrons. The fourth-order valence-corrected chi connectivity index (χ4v) is 6.69. The van der Waals surface area contributed by atoms with Crippen molar-refractivity contribution in [2.75, 3.05) is 5.32 Å². The number of nitrogens with zero attached hydrogens (tertiary/aromatic N) is 1. The number of hydrogen-bond acceptors (Lipinski definition) is 1. The molecule has 0 spiro atoms. The van der Waals surface area contributed by atoms with E-state index in [-0.39, 0.29) is 11.4 Å². The maximum absolute atomic E-state index is 11.9. The Morgan fingerprint density at radius 1 is 0.650 bits per heavy atom. The summed E-state index contributed by atoms with van der Waals surface area (Å²) in [5.74, 6) is 0. The van der Waals surface area contributed by atoms with Gasteiger partial charge in [-0.15, -0.1) is 0 Å². The molecule has 5 aromatic carbocycles. The van der Waals surface area contributed by atoms with Crippen LogP contribution in [0, 0.1) is 0 Å². The van der Waals surface area contributed by atoms with E-state index in [0.29, 0.717) is 5.70 Å². The number of rotatable bonds is 2. The minimum atomic E-state index is -0.252. The molecule has 4 heteroatoms. The molecule has 0 saturated heterocycles. The van der Waals surface area contributed by atoms with Gasteiger partial charge in [0.1, 0.15) is 0 Å². The lowest BCUT2D eigenvalue weighted by molar-refractivity contribution is 0.255. The summed E-state index contributed by atoms with van der Waals surface area (Å²) in [6.45, 7) is 8.72. The number of carbonyl (C=O) groups is 1. The summed E-state index contributed by atoms with van der Waals surface area (Å²) in [6.07, 6.45) is 0. The van der Waals surface area contributed by atoms with Crippen LogP contribution in [0.1, 0.15) is 30.5 Å². The standard InChI is InChI=1S/C36H27N3O/c1-21-26-17-22(13-15-32(26)38-35(40)37-21)23-14-16-33-28(18-23)29-19-27-25-11-7-8-12-30(25)36(2,3)31(27)20-34(29)39(33)24-9-5-4-6-10-24/h4-20H,1H2,2-3H3,(H2,37,38,40). The Labute approximate surface area is 232 Å². The SMILES string of the molecule is C=C1NC(=O)Nc2ccc(-c3ccc4c(c3)c3cc5c(cc3n4-c3ccccc3)C(C)(C)c3ccccc3-5)cc21.